The molecule has 3 heterocycles. The van der Waals surface area contributed by atoms with Crippen LogP contribution in [0.4, 0.5) is 0 Å². The number of thiophene rings is 1. The van der Waals surface area contributed by atoms with Crippen LogP contribution in [0.1, 0.15) is 81.7 Å². The van der Waals surface area contributed by atoms with Gasteiger partial charge in [0.1, 0.15) is 0 Å². The predicted molar refractivity (Wildman–Crippen MR) is 125 cm³/mol. The van der Waals surface area contributed by atoms with Crippen LogP contribution in [0.3, 0.4) is 0 Å². The van der Waals surface area contributed by atoms with Crippen molar-refractivity contribution in [2.24, 2.45) is 0 Å². The minimum atomic E-state index is -2.65. The average molecular weight is 543 g/mol. The first-order valence-corrected chi connectivity index (χ1v) is 20.6. The van der Waals surface area contributed by atoms with E-state index in [1.165, 1.54) is 67.8 Å². The summed E-state index contributed by atoms with van der Waals surface area (Å²) >= 11 is -0.582. The Morgan fingerprint density at radius 3 is 1.60 bits per heavy atom. The van der Waals surface area contributed by atoms with Gasteiger partial charge in [0, 0.05) is 0 Å². The molecule has 1 aromatic rings. The molecule has 2 fully saturated rings. The molecule has 3 aliphatic rings. The third kappa shape index (κ3) is 3.94. The van der Waals surface area contributed by atoms with Crippen molar-refractivity contribution in [2.45, 2.75) is 97.5 Å². The Bertz CT molecular complexity index is 697. The molecule has 2 aliphatic heterocycles. The summed E-state index contributed by atoms with van der Waals surface area (Å²) in [6, 6.07) is 0. The Hall–Kier alpha value is 0.339. The topological polar surface area (TPSA) is 36.9 Å². The Labute approximate surface area is 190 Å². The van der Waals surface area contributed by atoms with E-state index in [0.717, 1.165) is 0 Å². The standard InChI is InChI=1S/C12H13O4S.3C4H9.Sn/c1-8-10-9(6-17-8)11(13-2-3-14-11)7-12(10)15-4-5-16-12;3*1-3-4-2;/h2-5,7H2,1H3;3*1,3-4H2,2H3;. The molecule has 2 spiro atoms. The molecule has 4 nitrogen and oxygen atoms in total. The molecule has 6 heteroatoms. The number of hydrogen-bond donors (Lipinski definition) is 0. The molecule has 0 N–H and O–H groups in total. The molecule has 0 aromatic carbocycles. The fourth-order valence-corrected chi connectivity index (χ4v) is 27.7. The molecular weight excluding hydrogens is 503 g/mol. The number of unbranched alkanes of at least 4 members (excludes halogenated alkanes) is 3. The second-order valence-electron chi connectivity index (χ2n) is 9.40. The van der Waals surface area contributed by atoms with Crippen LogP contribution in [0.25, 0.3) is 0 Å². The van der Waals surface area contributed by atoms with Crippen LogP contribution in [0, 0.1) is 6.92 Å². The zero-order valence-electron chi connectivity index (χ0n) is 19.4. The monoisotopic (exact) mass is 544 g/mol. The first-order chi connectivity index (χ1) is 14.6. The van der Waals surface area contributed by atoms with E-state index in [2.05, 4.69) is 39.0 Å². The van der Waals surface area contributed by atoms with Crippen molar-refractivity contribution in [1.29, 1.82) is 0 Å². The Balaban J connectivity index is 1.87. The van der Waals surface area contributed by atoms with Crippen LogP contribution >= 0.6 is 11.3 Å². The molecule has 4 rings (SSSR count). The maximum atomic E-state index is 6.44. The molecule has 0 amide bonds. The predicted octanol–water partition coefficient (Wildman–Crippen LogP) is 5.92. The third-order valence-electron chi connectivity index (χ3n) is 7.33. The fourth-order valence-electron chi connectivity index (χ4n) is 5.89. The molecule has 2 saturated heterocycles. The maximum absolute atomic E-state index is 6.44. The molecular formula is C24H40O4SSn. The summed E-state index contributed by atoms with van der Waals surface area (Å²) in [6.45, 7) is 12.0. The van der Waals surface area contributed by atoms with E-state index < -0.39 is 30.0 Å². The molecule has 1 aliphatic carbocycles. The van der Waals surface area contributed by atoms with E-state index >= 15 is 0 Å². The Morgan fingerprint density at radius 1 is 0.733 bits per heavy atom. The second kappa shape index (κ2) is 9.68. The Morgan fingerprint density at radius 2 is 1.17 bits per heavy atom. The number of rotatable bonds is 10. The van der Waals surface area contributed by atoms with Crippen molar-refractivity contribution in [3.05, 3.63) is 16.0 Å². The quantitative estimate of drug-likeness (QED) is 0.344. The van der Waals surface area contributed by atoms with E-state index in [-0.39, 0.29) is 0 Å². The van der Waals surface area contributed by atoms with Crippen molar-refractivity contribution < 1.29 is 18.9 Å². The normalized spacial score (nSPS) is 21.9. The summed E-state index contributed by atoms with van der Waals surface area (Å²) in [7, 11) is 0. The van der Waals surface area contributed by atoms with Crippen LogP contribution < -0.4 is 2.89 Å². The first-order valence-electron chi connectivity index (χ1n) is 12.3. The van der Waals surface area contributed by atoms with Crippen molar-refractivity contribution in [2.75, 3.05) is 26.4 Å². The molecule has 170 valence electrons. The van der Waals surface area contributed by atoms with E-state index in [4.69, 9.17) is 18.9 Å². The van der Waals surface area contributed by atoms with Gasteiger partial charge in [-0.2, -0.15) is 0 Å². The van der Waals surface area contributed by atoms with Gasteiger partial charge in [-0.05, 0) is 0 Å². The second-order valence-corrected chi connectivity index (χ2v) is 24.7. The number of fused-ring (bicyclic) bond motifs is 3. The van der Waals surface area contributed by atoms with E-state index in [9.17, 15) is 0 Å². The van der Waals surface area contributed by atoms with Gasteiger partial charge in [-0.15, -0.1) is 0 Å². The molecule has 0 atom stereocenters. The summed E-state index contributed by atoms with van der Waals surface area (Å²) in [5.41, 5.74) is 2.66. The van der Waals surface area contributed by atoms with Gasteiger partial charge in [0.05, 0.1) is 0 Å². The molecule has 0 unspecified atom stereocenters. The summed E-state index contributed by atoms with van der Waals surface area (Å²) in [6.07, 6.45) is 8.63. The zero-order valence-corrected chi connectivity index (χ0v) is 23.1. The molecule has 0 bridgehead atoms. The van der Waals surface area contributed by atoms with Gasteiger partial charge in [0.15, 0.2) is 0 Å². The van der Waals surface area contributed by atoms with Crippen LogP contribution in [-0.2, 0) is 30.5 Å². The van der Waals surface area contributed by atoms with E-state index in [1.807, 2.05) is 0 Å². The van der Waals surface area contributed by atoms with Gasteiger partial charge < -0.3 is 0 Å². The summed E-state index contributed by atoms with van der Waals surface area (Å²) in [4.78, 5) is 1.38. The fraction of sp³-hybridized carbons (Fsp3) is 0.833. The average Bonchev–Trinajstić information content (AvgIpc) is 3.52. The number of ether oxygens (including phenoxy) is 4. The minimum absolute atomic E-state index is 0.632. The molecule has 0 radical (unpaired) electrons. The molecule has 30 heavy (non-hydrogen) atoms. The summed E-state index contributed by atoms with van der Waals surface area (Å²) in [5, 5.41) is 0. The van der Waals surface area contributed by atoms with Crippen LogP contribution in [0.2, 0.25) is 13.3 Å². The van der Waals surface area contributed by atoms with Gasteiger partial charge in [-0.1, -0.05) is 0 Å². The van der Waals surface area contributed by atoms with Crippen molar-refractivity contribution in [3.63, 3.8) is 0 Å². The van der Waals surface area contributed by atoms with Crippen molar-refractivity contribution in [3.8, 4) is 0 Å². The Kier molecular flexibility index (Phi) is 7.58. The summed E-state index contributed by atoms with van der Waals surface area (Å²) in [5.74, 6) is -1.27. The SMILES string of the molecule is CCC[CH2][Sn]([CH2]CCC)([CH2]CCC)[c]1sc(C)c2c1C1(CC23OCCO3)OCCO1. The van der Waals surface area contributed by atoms with Crippen molar-refractivity contribution >= 4 is 32.6 Å². The van der Waals surface area contributed by atoms with E-state index in [1.54, 1.807) is 2.89 Å². The van der Waals surface area contributed by atoms with Gasteiger partial charge in [0.25, 0.3) is 0 Å². The van der Waals surface area contributed by atoms with Crippen LogP contribution in [0.5, 0.6) is 0 Å². The molecule has 0 saturated carbocycles. The van der Waals surface area contributed by atoms with Crippen LogP contribution in [-0.4, -0.2) is 44.8 Å². The van der Waals surface area contributed by atoms with Gasteiger partial charge in [-0.3, -0.25) is 0 Å². The number of aryl methyl sites for hydroxylation is 1. The molecule has 1 aromatic heterocycles. The van der Waals surface area contributed by atoms with Gasteiger partial charge >= 0.3 is 192 Å². The van der Waals surface area contributed by atoms with Gasteiger partial charge in [-0.25, -0.2) is 0 Å². The van der Waals surface area contributed by atoms with Crippen LogP contribution in [0.15, 0.2) is 0 Å². The zero-order chi connectivity index (χ0) is 21.2. The van der Waals surface area contributed by atoms with Gasteiger partial charge in [0.2, 0.25) is 0 Å². The first kappa shape index (κ1) is 23.5. The number of hydrogen-bond acceptors (Lipinski definition) is 5. The third-order valence-corrected chi connectivity index (χ3v) is 26.7. The van der Waals surface area contributed by atoms with Crippen molar-refractivity contribution in [1.82, 2.24) is 0 Å². The summed E-state index contributed by atoms with van der Waals surface area (Å²) < 4.78 is 31.6. The van der Waals surface area contributed by atoms with E-state index in [0.29, 0.717) is 32.8 Å².